The zero-order chi connectivity index (χ0) is 24.0. The van der Waals surface area contributed by atoms with Gasteiger partial charge in [0.2, 0.25) is 0 Å². The first-order valence-electron chi connectivity index (χ1n) is 11.2. The minimum atomic E-state index is -1.24. The van der Waals surface area contributed by atoms with Crippen molar-refractivity contribution in [1.82, 2.24) is 4.98 Å². The molecule has 0 unspecified atom stereocenters. The van der Waals surface area contributed by atoms with E-state index in [0.29, 0.717) is 22.3 Å². The summed E-state index contributed by atoms with van der Waals surface area (Å²) in [4.78, 5) is 18.2. The number of carboxylic acid groups (broad SMARTS) is 1. The number of fused-ring (bicyclic) bond motifs is 2. The molecule has 170 valence electrons. The summed E-state index contributed by atoms with van der Waals surface area (Å²) < 4.78 is 7.43. The van der Waals surface area contributed by atoms with Gasteiger partial charge in [-0.1, -0.05) is 54.1 Å². The Morgan fingerprint density at radius 1 is 1.00 bits per heavy atom. The Hall–Kier alpha value is -2.70. The number of nitrogens with zero attached hydrogens (tertiary/aromatic N) is 1. The number of carbonyl (C=O) groups excluding carboxylic acids is 1. The summed E-state index contributed by atoms with van der Waals surface area (Å²) in [6, 6.07) is 21.7. The zero-order valence-corrected chi connectivity index (χ0v) is 23.3. The van der Waals surface area contributed by atoms with Gasteiger partial charge in [-0.15, -0.1) is 11.3 Å². The van der Waals surface area contributed by atoms with Crippen LogP contribution in [0.25, 0.3) is 31.6 Å². The van der Waals surface area contributed by atoms with Crippen molar-refractivity contribution >= 4 is 38.3 Å². The van der Waals surface area contributed by atoms with E-state index in [2.05, 4.69) is 12.1 Å². The van der Waals surface area contributed by atoms with Gasteiger partial charge in [-0.2, -0.15) is 0 Å². The molecule has 0 aliphatic heterocycles. The average molecular weight is 490 g/mol. The van der Waals surface area contributed by atoms with Crippen molar-refractivity contribution < 1.29 is 44.2 Å². The van der Waals surface area contributed by atoms with Crippen LogP contribution in [0.3, 0.4) is 0 Å². The first-order chi connectivity index (χ1) is 16.3. The molecule has 2 aromatic heterocycles. The SMILES string of the molecule is Cc1ccc([C@H](C)Oc2ccc(C)c3nc(-c4sc5ccccc5c4C)cc(C(=O)[O-])c23)cc1.[Na+]. The molecular weight excluding hydrogens is 465 g/mol. The van der Waals surface area contributed by atoms with Crippen LogP contribution in [0.4, 0.5) is 0 Å². The number of aryl methyl sites for hydroxylation is 3. The van der Waals surface area contributed by atoms with E-state index < -0.39 is 5.97 Å². The van der Waals surface area contributed by atoms with E-state index in [9.17, 15) is 9.90 Å². The van der Waals surface area contributed by atoms with Crippen LogP contribution >= 0.6 is 11.3 Å². The fraction of sp³-hybridized carbons (Fsp3) is 0.172. The van der Waals surface area contributed by atoms with Gasteiger partial charge in [-0.05, 0) is 68.0 Å². The number of benzene rings is 3. The van der Waals surface area contributed by atoms with Crippen molar-refractivity contribution in [1.29, 1.82) is 0 Å². The van der Waals surface area contributed by atoms with Gasteiger partial charge in [0.15, 0.2) is 0 Å². The van der Waals surface area contributed by atoms with Crippen molar-refractivity contribution in [3.8, 4) is 16.3 Å². The summed E-state index contributed by atoms with van der Waals surface area (Å²) in [6.07, 6.45) is -0.259. The molecule has 3 aromatic carbocycles. The van der Waals surface area contributed by atoms with Crippen molar-refractivity contribution in [2.45, 2.75) is 33.8 Å². The molecule has 0 saturated heterocycles. The number of rotatable bonds is 5. The second-order valence-electron chi connectivity index (χ2n) is 8.67. The van der Waals surface area contributed by atoms with Gasteiger partial charge >= 0.3 is 29.6 Å². The molecule has 5 aromatic rings. The van der Waals surface area contributed by atoms with E-state index in [4.69, 9.17) is 9.72 Å². The predicted molar refractivity (Wildman–Crippen MR) is 137 cm³/mol. The first kappa shape index (κ1) is 25.4. The molecule has 0 saturated carbocycles. The van der Waals surface area contributed by atoms with Crippen LogP contribution in [0.15, 0.2) is 66.7 Å². The number of hydrogen-bond donors (Lipinski definition) is 0. The number of carboxylic acids is 1. The topological polar surface area (TPSA) is 62.2 Å². The molecule has 0 aliphatic rings. The summed E-state index contributed by atoms with van der Waals surface area (Å²) in [5, 5.41) is 13.9. The van der Waals surface area contributed by atoms with Gasteiger partial charge in [0, 0.05) is 10.3 Å². The molecule has 0 aliphatic carbocycles. The van der Waals surface area contributed by atoms with Crippen LogP contribution in [-0.2, 0) is 0 Å². The van der Waals surface area contributed by atoms with Gasteiger partial charge < -0.3 is 14.6 Å². The smallest absolute Gasteiger partial charge is 0.545 e. The second kappa shape index (κ2) is 10.1. The molecule has 4 nitrogen and oxygen atoms in total. The van der Waals surface area contributed by atoms with E-state index in [-0.39, 0.29) is 41.2 Å². The van der Waals surface area contributed by atoms with Crippen LogP contribution in [0, 0.1) is 20.8 Å². The zero-order valence-electron chi connectivity index (χ0n) is 20.5. The molecule has 6 heteroatoms. The maximum Gasteiger partial charge on any atom is 1.00 e. The number of hydrogen-bond acceptors (Lipinski definition) is 5. The fourth-order valence-corrected chi connectivity index (χ4v) is 5.50. The summed E-state index contributed by atoms with van der Waals surface area (Å²) in [7, 11) is 0. The van der Waals surface area contributed by atoms with Crippen molar-refractivity contribution in [3.05, 3.63) is 94.5 Å². The third-order valence-electron chi connectivity index (χ3n) is 6.27. The van der Waals surface area contributed by atoms with E-state index in [0.717, 1.165) is 31.7 Å². The van der Waals surface area contributed by atoms with Gasteiger partial charge in [-0.3, -0.25) is 0 Å². The second-order valence-corrected chi connectivity index (χ2v) is 9.72. The van der Waals surface area contributed by atoms with E-state index >= 15 is 0 Å². The van der Waals surface area contributed by atoms with Crippen molar-refractivity contribution in [2.24, 2.45) is 0 Å². The van der Waals surface area contributed by atoms with Gasteiger partial charge in [0.05, 0.1) is 27.4 Å². The number of aromatic nitrogens is 1. The van der Waals surface area contributed by atoms with Gasteiger partial charge in [0.1, 0.15) is 11.9 Å². The van der Waals surface area contributed by atoms with Crippen molar-refractivity contribution in [3.63, 3.8) is 0 Å². The summed E-state index contributed by atoms with van der Waals surface area (Å²) in [5.41, 5.74) is 5.50. The molecule has 1 atom stereocenters. The summed E-state index contributed by atoms with van der Waals surface area (Å²) >= 11 is 1.62. The quantitative estimate of drug-likeness (QED) is 0.354. The number of thiophene rings is 1. The monoisotopic (exact) mass is 489 g/mol. The van der Waals surface area contributed by atoms with Crippen LogP contribution in [0.5, 0.6) is 5.75 Å². The molecule has 5 rings (SSSR count). The van der Waals surface area contributed by atoms with E-state index in [1.807, 2.05) is 76.2 Å². The molecule has 35 heavy (non-hydrogen) atoms. The van der Waals surface area contributed by atoms with E-state index in [1.165, 1.54) is 5.56 Å². The molecule has 2 heterocycles. The normalized spacial score (nSPS) is 11.9. The Morgan fingerprint density at radius 3 is 2.40 bits per heavy atom. The average Bonchev–Trinajstić information content (AvgIpc) is 3.17. The third-order valence-corrected chi connectivity index (χ3v) is 7.57. The fourth-order valence-electron chi connectivity index (χ4n) is 4.33. The molecule has 0 fully saturated rings. The van der Waals surface area contributed by atoms with Crippen LogP contribution in [-0.4, -0.2) is 11.0 Å². The number of ether oxygens (including phenoxy) is 1. The van der Waals surface area contributed by atoms with Crippen LogP contribution < -0.4 is 39.4 Å². The standard InChI is InChI=1S/C29H25NO3S.Na/c1-16-9-12-20(13-10-16)19(4)33-24-14-11-17(2)27-26(24)22(29(31)32)15-23(30-27)28-18(3)21-7-5-6-8-25(21)34-28;/h5-15,19H,1-4H3,(H,31,32);/q;+1/p-1/t19-;/m0./s1. The van der Waals surface area contributed by atoms with E-state index in [1.54, 1.807) is 17.4 Å². The van der Waals surface area contributed by atoms with Crippen LogP contribution in [0.2, 0.25) is 0 Å². The molecule has 0 bridgehead atoms. The minimum Gasteiger partial charge on any atom is -0.545 e. The molecule has 0 amide bonds. The van der Waals surface area contributed by atoms with Gasteiger partial charge in [-0.25, -0.2) is 4.98 Å². The Balaban J connectivity index is 0.00000289. The molecular formula is C29H24NNaO3S. The number of carbonyl (C=O) groups is 1. The molecule has 0 N–H and O–H groups in total. The van der Waals surface area contributed by atoms with Crippen LogP contribution in [0.1, 0.15) is 45.6 Å². The largest absolute Gasteiger partial charge is 1.00 e. The Morgan fingerprint density at radius 2 is 1.71 bits per heavy atom. The van der Waals surface area contributed by atoms with Crippen molar-refractivity contribution in [2.75, 3.05) is 0 Å². The maximum atomic E-state index is 12.3. The molecule has 0 spiro atoms. The van der Waals surface area contributed by atoms with Gasteiger partial charge in [0.25, 0.3) is 0 Å². The summed E-state index contributed by atoms with van der Waals surface area (Å²) in [6.45, 7) is 7.98. The number of pyridine rings is 1. The third kappa shape index (κ3) is 4.74. The molecule has 0 radical (unpaired) electrons. The minimum absolute atomic E-state index is 0. The Labute approximate surface area is 230 Å². The number of aromatic carboxylic acids is 1. The predicted octanol–water partition coefficient (Wildman–Crippen LogP) is 3.55. The Bertz CT molecular complexity index is 1560. The summed E-state index contributed by atoms with van der Waals surface area (Å²) in [5.74, 6) is -0.758. The Kier molecular flexibility index (Phi) is 7.34. The first-order valence-corrected chi connectivity index (χ1v) is 12.0. The maximum absolute atomic E-state index is 12.3.